The first-order chi connectivity index (χ1) is 15.9. The number of ether oxygens (including phenoxy) is 1. The lowest BCUT2D eigenvalue weighted by molar-refractivity contribution is 0.122. The van der Waals surface area contributed by atoms with E-state index < -0.39 is 0 Å². The third kappa shape index (κ3) is 4.35. The number of hydrogen-bond donors (Lipinski definition) is 1. The minimum absolute atomic E-state index is 0.00485. The number of benzene rings is 1. The van der Waals surface area contributed by atoms with E-state index >= 15 is 0 Å². The van der Waals surface area contributed by atoms with E-state index in [-0.39, 0.29) is 17.6 Å². The Morgan fingerprint density at radius 1 is 1.00 bits per heavy atom. The van der Waals surface area contributed by atoms with Crippen molar-refractivity contribution in [2.45, 2.75) is 38.4 Å². The summed E-state index contributed by atoms with van der Waals surface area (Å²) in [4.78, 5) is 9.26. The Bertz CT molecular complexity index is 1100. The summed E-state index contributed by atoms with van der Waals surface area (Å²) in [5.74, 6) is 0. The molecule has 5 rings (SSSR count). The fourth-order valence-electron chi connectivity index (χ4n) is 4.62. The molecule has 2 aliphatic rings. The SMILES string of the molecule is CC(C)(C)n1ccc([C@@H]2[C@H](c3ccccn3)NC(=S)N2c2ccc(N3CCOCC3)cc2)c1. The van der Waals surface area contributed by atoms with Crippen molar-refractivity contribution in [1.82, 2.24) is 14.9 Å². The summed E-state index contributed by atoms with van der Waals surface area (Å²) >= 11 is 5.87. The molecule has 172 valence electrons. The second-order valence-corrected chi connectivity index (χ2v) is 10.0. The smallest absolute Gasteiger partial charge is 0.174 e. The van der Waals surface area contributed by atoms with Crippen molar-refractivity contribution in [3.63, 3.8) is 0 Å². The van der Waals surface area contributed by atoms with Gasteiger partial charge < -0.3 is 24.4 Å². The zero-order valence-electron chi connectivity index (χ0n) is 19.4. The predicted molar refractivity (Wildman–Crippen MR) is 137 cm³/mol. The zero-order valence-corrected chi connectivity index (χ0v) is 20.3. The summed E-state index contributed by atoms with van der Waals surface area (Å²) < 4.78 is 7.76. The normalized spacial score (nSPS) is 21.4. The molecule has 33 heavy (non-hydrogen) atoms. The van der Waals surface area contributed by atoms with Gasteiger partial charge in [-0.05, 0) is 81.0 Å². The molecule has 0 amide bonds. The van der Waals surface area contributed by atoms with Crippen molar-refractivity contribution in [3.8, 4) is 0 Å². The van der Waals surface area contributed by atoms with E-state index in [0.717, 1.165) is 42.8 Å². The van der Waals surface area contributed by atoms with E-state index in [9.17, 15) is 0 Å². The zero-order chi connectivity index (χ0) is 23.0. The third-order valence-corrected chi connectivity index (χ3v) is 6.75. The summed E-state index contributed by atoms with van der Waals surface area (Å²) in [5.41, 5.74) is 4.51. The molecular weight excluding hydrogens is 430 g/mol. The molecule has 1 N–H and O–H groups in total. The highest BCUT2D eigenvalue weighted by atomic mass is 32.1. The number of thiocarbonyl (C=S) groups is 1. The van der Waals surface area contributed by atoms with Gasteiger partial charge >= 0.3 is 0 Å². The van der Waals surface area contributed by atoms with Gasteiger partial charge in [0.15, 0.2) is 5.11 Å². The van der Waals surface area contributed by atoms with Crippen LogP contribution in [0.1, 0.15) is 44.1 Å². The number of nitrogens with one attached hydrogen (secondary N) is 1. The predicted octanol–water partition coefficient (Wildman–Crippen LogP) is 4.65. The Morgan fingerprint density at radius 3 is 2.36 bits per heavy atom. The van der Waals surface area contributed by atoms with Crippen molar-refractivity contribution in [1.29, 1.82) is 0 Å². The molecule has 2 saturated heterocycles. The number of nitrogens with zero attached hydrogens (tertiary/aromatic N) is 4. The standard InChI is InChI=1S/C26H31N5OS/c1-26(2,3)30-13-11-19(18-30)24-23(22-6-4-5-12-27-22)28-25(33)31(24)21-9-7-20(8-10-21)29-14-16-32-17-15-29/h4-13,18,23-24H,14-17H2,1-3H3,(H,28,33)/t23-,24+/m0/s1. The maximum Gasteiger partial charge on any atom is 0.174 e. The number of hydrogen-bond acceptors (Lipinski definition) is 4. The fourth-order valence-corrected chi connectivity index (χ4v) is 4.97. The van der Waals surface area contributed by atoms with Gasteiger partial charge in [0.1, 0.15) is 0 Å². The van der Waals surface area contributed by atoms with Crippen LogP contribution in [0.4, 0.5) is 11.4 Å². The van der Waals surface area contributed by atoms with E-state index in [1.807, 2.05) is 18.3 Å². The minimum Gasteiger partial charge on any atom is -0.378 e. The van der Waals surface area contributed by atoms with Gasteiger partial charge in [-0.3, -0.25) is 4.98 Å². The van der Waals surface area contributed by atoms with Gasteiger partial charge in [0.25, 0.3) is 0 Å². The minimum atomic E-state index is -0.0339. The Morgan fingerprint density at radius 2 is 1.73 bits per heavy atom. The van der Waals surface area contributed by atoms with E-state index in [1.54, 1.807) is 0 Å². The van der Waals surface area contributed by atoms with E-state index in [1.165, 1.54) is 11.3 Å². The summed E-state index contributed by atoms with van der Waals surface area (Å²) in [6.07, 6.45) is 6.24. The number of morpholine rings is 1. The van der Waals surface area contributed by atoms with Gasteiger partial charge in [-0.1, -0.05) is 6.07 Å². The molecule has 2 aromatic heterocycles. The van der Waals surface area contributed by atoms with Gasteiger partial charge in [-0.25, -0.2) is 0 Å². The number of anilines is 2. The van der Waals surface area contributed by atoms with Crippen LogP contribution in [0.5, 0.6) is 0 Å². The van der Waals surface area contributed by atoms with Crippen LogP contribution in [-0.2, 0) is 10.3 Å². The van der Waals surface area contributed by atoms with Crippen LogP contribution in [0.3, 0.4) is 0 Å². The van der Waals surface area contributed by atoms with Crippen LogP contribution in [0.15, 0.2) is 67.1 Å². The topological polar surface area (TPSA) is 45.6 Å². The maximum absolute atomic E-state index is 5.87. The Balaban J connectivity index is 1.51. The first-order valence-electron chi connectivity index (χ1n) is 11.5. The van der Waals surface area contributed by atoms with Crippen molar-refractivity contribution in [2.75, 3.05) is 36.1 Å². The highest BCUT2D eigenvalue weighted by Crippen LogP contribution is 2.42. The van der Waals surface area contributed by atoms with Crippen molar-refractivity contribution in [2.24, 2.45) is 0 Å². The largest absolute Gasteiger partial charge is 0.378 e. The molecule has 2 atom stereocenters. The Kier molecular flexibility index (Phi) is 5.85. The van der Waals surface area contributed by atoms with Gasteiger partial charge in [-0.15, -0.1) is 0 Å². The molecular formula is C26H31N5OS. The highest BCUT2D eigenvalue weighted by molar-refractivity contribution is 7.80. The summed E-state index contributed by atoms with van der Waals surface area (Å²) in [5, 5.41) is 4.27. The van der Waals surface area contributed by atoms with Crippen LogP contribution < -0.4 is 15.1 Å². The molecule has 1 aromatic carbocycles. The summed E-state index contributed by atoms with van der Waals surface area (Å²) in [7, 11) is 0. The summed E-state index contributed by atoms with van der Waals surface area (Å²) in [6.45, 7) is 10.1. The molecule has 3 aromatic rings. The number of pyridine rings is 1. The average Bonchev–Trinajstić information content (AvgIpc) is 3.45. The van der Waals surface area contributed by atoms with Gasteiger partial charge in [-0.2, -0.15) is 0 Å². The molecule has 0 saturated carbocycles. The molecule has 2 fully saturated rings. The van der Waals surface area contributed by atoms with E-state index in [4.69, 9.17) is 17.0 Å². The molecule has 0 radical (unpaired) electrons. The van der Waals surface area contributed by atoms with E-state index in [0.29, 0.717) is 0 Å². The summed E-state index contributed by atoms with van der Waals surface area (Å²) in [6, 6.07) is 17.0. The van der Waals surface area contributed by atoms with Crippen LogP contribution in [0.2, 0.25) is 0 Å². The van der Waals surface area contributed by atoms with Crippen LogP contribution in [0.25, 0.3) is 0 Å². The van der Waals surface area contributed by atoms with Crippen LogP contribution in [-0.4, -0.2) is 41.0 Å². The molecule has 7 heteroatoms. The maximum atomic E-state index is 5.87. The second kappa shape index (κ2) is 8.80. The van der Waals surface area contributed by atoms with Crippen molar-refractivity contribution < 1.29 is 4.74 Å². The average molecular weight is 462 g/mol. The first kappa shape index (κ1) is 21.9. The van der Waals surface area contributed by atoms with Crippen LogP contribution in [0, 0.1) is 0 Å². The monoisotopic (exact) mass is 461 g/mol. The highest BCUT2D eigenvalue weighted by Gasteiger charge is 2.41. The first-order valence-corrected chi connectivity index (χ1v) is 11.9. The lowest BCUT2D eigenvalue weighted by Gasteiger charge is -2.30. The van der Waals surface area contributed by atoms with Gasteiger partial charge in [0.2, 0.25) is 0 Å². The van der Waals surface area contributed by atoms with Crippen LogP contribution >= 0.6 is 12.2 Å². The Hall–Kier alpha value is -2.90. The number of rotatable bonds is 4. The third-order valence-electron chi connectivity index (χ3n) is 6.43. The second-order valence-electron chi connectivity index (χ2n) is 9.64. The molecule has 0 aliphatic carbocycles. The lowest BCUT2D eigenvalue weighted by atomic mass is 9.98. The molecule has 2 aliphatic heterocycles. The quantitative estimate of drug-likeness (QED) is 0.571. The molecule has 0 unspecified atom stereocenters. The molecule has 0 bridgehead atoms. The fraction of sp³-hybridized carbons (Fsp3) is 0.385. The molecule has 0 spiro atoms. The lowest BCUT2D eigenvalue weighted by Crippen LogP contribution is -2.36. The Labute approximate surface area is 201 Å². The number of aromatic nitrogens is 2. The van der Waals surface area contributed by atoms with Crippen molar-refractivity contribution in [3.05, 3.63) is 78.4 Å². The molecule has 4 heterocycles. The van der Waals surface area contributed by atoms with Gasteiger partial charge in [0.05, 0.1) is 31.0 Å². The van der Waals surface area contributed by atoms with Crippen molar-refractivity contribution >= 4 is 28.7 Å². The van der Waals surface area contributed by atoms with Gasteiger partial charge in [0, 0.05) is 48.6 Å². The molecule has 6 nitrogen and oxygen atoms in total. The van der Waals surface area contributed by atoms with E-state index in [2.05, 4.69) is 94.2 Å².